The lowest BCUT2D eigenvalue weighted by molar-refractivity contribution is 0.0695. The Morgan fingerprint density at radius 3 is 2.44 bits per heavy atom. The van der Waals surface area contributed by atoms with Gasteiger partial charge in [0.1, 0.15) is 5.56 Å². The van der Waals surface area contributed by atoms with Crippen LogP contribution in [-0.2, 0) is 6.54 Å². The van der Waals surface area contributed by atoms with Gasteiger partial charge in [-0.25, -0.2) is 4.79 Å². The summed E-state index contributed by atoms with van der Waals surface area (Å²) in [6.07, 6.45) is 0. The van der Waals surface area contributed by atoms with Gasteiger partial charge in [0, 0.05) is 4.47 Å². The van der Waals surface area contributed by atoms with E-state index in [4.69, 9.17) is 5.11 Å². The summed E-state index contributed by atoms with van der Waals surface area (Å²) >= 11 is 3.38. The van der Waals surface area contributed by atoms with Gasteiger partial charge in [0.2, 0.25) is 0 Å². The van der Waals surface area contributed by atoms with E-state index in [9.17, 15) is 4.79 Å². The molecule has 1 heterocycles. The molecular formula is C13H13BrN2O2. The Labute approximate surface area is 113 Å². The van der Waals surface area contributed by atoms with Gasteiger partial charge in [-0.15, -0.1) is 0 Å². The monoisotopic (exact) mass is 308 g/mol. The number of carboxylic acids is 1. The molecule has 18 heavy (non-hydrogen) atoms. The fourth-order valence-electron chi connectivity index (χ4n) is 1.92. The number of halogens is 1. The summed E-state index contributed by atoms with van der Waals surface area (Å²) < 4.78 is 2.74. The summed E-state index contributed by atoms with van der Waals surface area (Å²) in [5, 5.41) is 13.4. The first-order valence-electron chi connectivity index (χ1n) is 5.51. The van der Waals surface area contributed by atoms with Crippen molar-refractivity contribution in [3.05, 3.63) is 51.3 Å². The highest BCUT2D eigenvalue weighted by molar-refractivity contribution is 9.10. The van der Waals surface area contributed by atoms with Gasteiger partial charge in [-0.2, -0.15) is 5.10 Å². The molecule has 0 aliphatic carbocycles. The number of hydrogen-bond donors (Lipinski definition) is 1. The number of aromatic carboxylic acids is 1. The van der Waals surface area contributed by atoms with Crippen LogP contribution in [0.1, 0.15) is 27.3 Å². The van der Waals surface area contributed by atoms with Gasteiger partial charge in [0.05, 0.1) is 17.9 Å². The Hall–Kier alpha value is -1.62. The number of aryl methyl sites for hydroxylation is 1. The first-order chi connectivity index (χ1) is 8.49. The van der Waals surface area contributed by atoms with E-state index in [1.807, 2.05) is 24.3 Å². The zero-order chi connectivity index (χ0) is 13.3. The molecule has 0 amide bonds. The molecule has 0 aliphatic rings. The number of nitrogens with zero attached hydrogens (tertiary/aromatic N) is 2. The number of hydrogen-bond acceptors (Lipinski definition) is 2. The van der Waals surface area contributed by atoms with E-state index in [1.54, 1.807) is 18.5 Å². The highest BCUT2D eigenvalue weighted by atomic mass is 79.9. The Kier molecular flexibility index (Phi) is 3.52. The number of benzene rings is 1. The number of aromatic nitrogens is 2. The molecule has 0 radical (unpaired) electrons. The van der Waals surface area contributed by atoms with Crippen LogP contribution in [0.3, 0.4) is 0 Å². The van der Waals surface area contributed by atoms with E-state index in [2.05, 4.69) is 21.0 Å². The third-order valence-corrected chi connectivity index (χ3v) is 3.37. The van der Waals surface area contributed by atoms with Gasteiger partial charge in [0.25, 0.3) is 0 Å². The predicted octanol–water partition coefficient (Wildman–Crippen LogP) is 3.01. The minimum Gasteiger partial charge on any atom is -0.478 e. The second kappa shape index (κ2) is 4.94. The van der Waals surface area contributed by atoms with Crippen LogP contribution in [0, 0.1) is 13.8 Å². The van der Waals surface area contributed by atoms with Crippen molar-refractivity contribution in [3.8, 4) is 0 Å². The van der Waals surface area contributed by atoms with Gasteiger partial charge < -0.3 is 5.11 Å². The first-order valence-corrected chi connectivity index (χ1v) is 6.30. The maximum atomic E-state index is 11.1. The quantitative estimate of drug-likeness (QED) is 0.948. The van der Waals surface area contributed by atoms with Crippen molar-refractivity contribution in [2.45, 2.75) is 20.4 Å². The molecule has 5 heteroatoms. The van der Waals surface area contributed by atoms with E-state index in [1.165, 1.54) is 0 Å². The van der Waals surface area contributed by atoms with Crippen molar-refractivity contribution in [2.75, 3.05) is 0 Å². The normalized spacial score (nSPS) is 10.6. The van der Waals surface area contributed by atoms with E-state index in [-0.39, 0.29) is 0 Å². The van der Waals surface area contributed by atoms with Crippen LogP contribution < -0.4 is 0 Å². The largest absolute Gasteiger partial charge is 0.478 e. The topological polar surface area (TPSA) is 55.1 Å². The van der Waals surface area contributed by atoms with Crippen LogP contribution in [0.4, 0.5) is 0 Å². The molecule has 4 nitrogen and oxygen atoms in total. The Morgan fingerprint density at radius 2 is 1.94 bits per heavy atom. The summed E-state index contributed by atoms with van der Waals surface area (Å²) in [7, 11) is 0. The van der Waals surface area contributed by atoms with Crippen molar-refractivity contribution in [2.24, 2.45) is 0 Å². The zero-order valence-corrected chi connectivity index (χ0v) is 11.7. The molecule has 94 valence electrons. The van der Waals surface area contributed by atoms with Crippen molar-refractivity contribution >= 4 is 21.9 Å². The summed E-state index contributed by atoms with van der Waals surface area (Å²) in [6.45, 7) is 4.07. The molecule has 0 fully saturated rings. The Morgan fingerprint density at radius 1 is 1.33 bits per heavy atom. The summed E-state index contributed by atoms with van der Waals surface area (Å²) in [5.41, 5.74) is 2.62. The lowest BCUT2D eigenvalue weighted by Gasteiger charge is -2.05. The van der Waals surface area contributed by atoms with Crippen molar-refractivity contribution in [1.29, 1.82) is 0 Å². The average Bonchev–Trinajstić information content (AvgIpc) is 2.57. The summed E-state index contributed by atoms with van der Waals surface area (Å²) in [4.78, 5) is 11.1. The number of carbonyl (C=O) groups is 1. The molecule has 0 aliphatic heterocycles. The standard InChI is InChI=1S/C13H13BrN2O2/c1-8-12(13(17)18)9(2)16(15-8)7-10-3-5-11(14)6-4-10/h3-6H,7H2,1-2H3,(H,17,18). The second-order valence-electron chi connectivity index (χ2n) is 4.14. The maximum absolute atomic E-state index is 11.1. The third kappa shape index (κ3) is 2.46. The fraction of sp³-hybridized carbons (Fsp3) is 0.231. The molecule has 1 aromatic carbocycles. The van der Waals surface area contributed by atoms with Crippen LogP contribution >= 0.6 is 15.9 Å². The van der Waals surface area contributed by atoms with Gasteiger partial charge in [0.15, 0.2) is 0 Å². The fourth-order valence-corrected chi connectivity index (χ4v) is 2.19. The van der Waals surface area contributed by atoms with E-state index in [0.717, 1.165) is 10.0 Å². The van der Waals surface area contributed by atoms with E-state index < -0.39 is 5.97 Å². The second-order valence-corrected chi connectivity index (χ2v) is 5.05. The van der Waals surface area contributed by atoms with Crippen molar-refractivity contribution in [1.82, 2.24) is 9.78 Å². The molecule has 0 saturated heterocycles. The Bertz CT molecular complexity index is 588. The molecule has 0 unspecified atom stereocenters. The minimum absolute atomic E-state index is 0.298. The van der Waals surface area contributed by atoms with Gasteiger partial charge in [-0.05, 0) is 31.5 Å². The molecule has 0 bridgehead atoms. The molecule has 1 N–H and O–H groups in total. The van der Waals surface area contributed by atoms with E-state index in [0.29, 0.717) is 23.5 Å². The van der Waals surface area contributed by atoms with Crippen LogP contribution in [0.25, 0.3) is 0 Å². The molecule has 0 spiro atoms. The smallest absolute Gasteiger partial charge is 0.339 e. The molecule has 0 saturated carbocycles. The summed E-state index contributed by atoms with van der Waals surface area (Å²) in [5.74, 6) is -0.924. The van der Waals surface area contributed by atoms with Gasteiger partial charge in [-0.1, -0.05) is 28.1 Å². The van der Waals surface area contributed by atoms with Crippen LogP contribution in [0.5, 0.6) is 0 Å². The highest BCUT2D eigenvalue weighted by Gasteiger charge is 2.17. The molecular weight excluding hydrogens is 296 g/mol. The predicted molar refractivity (Wildman–Crippen MR) is 71.9 cm³/mol. The third-order valence-electron chi connectivity index (χ3n) is 2.84. The van der Waals surface area contributed by atoms with E-state index >= 15 is 0 Å². The molecule has 2 rings (SSSR count). The molecule has 0 atom stereocenters. The lowest BCUT2D eigenvalue weighted by atomic mass is 10.2. The van der Waals surface area contributed by atoms with Crippen molar-refractivity contribution in [3.63, 3.8) is 0 Å². The lowest BCUT2D eigenvalue weighted by Crippen LogP contribution is -2.05. The van der Waals surface area contributed by atoms with Gasteiger partial charge in [-0.3, -0.25) is 4.68 Å². The molecule has 2 aromatic rings. The maximum Gasteiger partial charge on any atom is 0.339 e. The van der Waals surface area contributed by atoms with Gasteiger partial charge >= 0.3 is 5.97 Å². The van der Waals surface area contributed by atoms with Crippen LogP contribution in [0.2, 0.25) is 0 Å². The van der Waals surface area contributed by atoms with Crippen LogP contribution in [0.15, 0.2) is 28.7 Å². The first kappa shape index (κ1) is 12.8. The number of carboxylic acid groups (broad SMARTS) is 1. The number of rotatable bonds is 3. The zero-order valence-electron chi connectivity index (χ0n) is 10.1. The molecule has 1 aromatic heterocycles. The minimum atomic E-state index is -0.924. The SMILES string of the molecule is Cc1nn(Cc2ccc(Br)cc2)c(C)c1C(=O)O. The van der Waals surface area contributed by atoms with Crippen LogP contribution in [-0.4, -0.2) is 20.9 Å². The summed E-state index contributed by atoms with van der Waals surface area (Å²) in [6, 6.07) is 7.89. The highest BCUT2D eigenvalue weighted by Crippen LogP contribution is 2.16. The average molecular weight is 309 g/mol. The van der Waals surface area contributed by atoms with Crippen molar-refractivity contribution < 1.29 is 9.90 Å². The Balaban J connectivity index is 2.33.